The zero-order valence-corrected chi connectivity index (χ0v) is 8.60. The summed E-state index contributed by atoms with van der Waals surface area (Å²) in [4.78, 5) is 0. The summed E-state index contributed by atoms with van der Waals surface area (Å²) in [6.07, 6.45) is 0. The van der Waals surface area contributed by atoms with Gasteiger partial charge in [-0.15, -0.1) is 0 Å². The largest absolute Gasteiger partial charge is 4.00 e. The van der Waals surface area contributed by atoms with Gasteiger partial charge >= 0.3 is 47.9 Å². The van der Waals surface area contributed by atoms with Gasteiger partial charge in [-0.05, 0) is 0 Å². The van der Waals surface area contributed by atoms with Gasteiger partial charge in [0, 0.05) is 0 Å². The molecule has 0 aliphatic heterocycles. The molecule has 0 atom stereocenters. The molecule has 0 aromatic rings. The number of hydrogen-bond acceptors (Lipinski definition) is 8. The normalized spacial score (nSPS) is 0. The minimum Gasteiger partial charge on any atom is -0.870 e. The Hall–Kier alpha value is 1.28. The average Bonchev–Trinajstić information content (AvgIpc) is 0. The standard InChI is InChI=1S/8H2O.Ti.Zr/h8*1H2;;/q;;;;;;;;2*+4/p-8. The van der Waals surface area contributed by atoms with Crippen LogP contribution in [0.15, 0.2) is 0 Å². The molecular weight excluding hydrogens is 267 g/mol. The molecule has 0 rings (SSSR count). The summed E-state index contributed by atoms with van der Waals surface area (Å²) in [7, 11) is 0. The fourth-order valence-electron chi connectivity index (χ4n) is 0. The summed E-state index contributed by atoms with van der Waals surface area (Å²) in [5.41, 5.74) is 0. The van der Waals surface area contributed by atoms with E-state index in [-0.39, 0.29) is 91.7 Å². The zero-order valence-electron chi connectivity index (χ0n) is 4.58. The van der Waals surface area contributed by atoms with Crippen molar-refractivity contribution >= 4 is 0 Å². The van der Waals surface area contributed by atoms with Gasteiger partial charge in [0.2, 0.25) is 0 Å². The third-order valence-corrected chi connectivity index (χ3v) is 0. The van der Waals surface area contributed by atoms with Crippen LogP contribution in [0.5, 0.6) is 0 Å². The van der Waals surface area contributed by atoms with E-state index >= 15 is 0 Å². The van der Waals surface area contributed by atoms with E-state index in [9.17, 15) is 0 Å². The maximum Gasteiger partial charge on any atom is 4.00 e. The smallest absolute Gasteiger partial charge is 0.870 e. The second-order valence-corrected chi connectivity index (χ2v) is 0. The molecule has 8 nitrogen and oxygen atoms in total. The quantitative estimate of drug-likeness (QED) is 0.473. The van der Waals surface area contributed by atoms with Crippen LogP contribution >= 0.6 is 0 Å². The minimum atomic E-state index is 0. The molecule has 8 N–H and O–H groups in total. The summed E-state index contributed by atoms with van der Waals surface area (Å²) in [5, 5.41) is 0. The topological polar surface area (TPSA) is 240 Å². The van der Waals surface area contributed by atoms with E-state index in [0.29, 0.717) is 0 Å². The maximum atomic E-state index is 0. The van der Waals surface area contributed by atoms with Gasteiger partial charge in [0.15, 0.2) is 0 Å². The van der Waals surface area contributed by atoms with Crippen LogP contribution in [-0.4, -0.2) is 43.8 Å². The molecule has 0 unspecified atom stereocenters. The van der Waals surface area contributed by atoms with E-state index in [1.807, 2.05) is 0 Å². The molecule has 64 valence electrons. The van der Waals surface area contributed by atoms with E-state index in [1.54, 1.807) is 0 Å². The SMILES string of the molecule is [OH-].[OH-].[OH-].[OH-].[OH-].[OH-].[OH-].[OH-].[Ti+4].[Zr+4]. The molecule has 0 aromatic carbocycles. The van der Waals surface area contributed by atoms with Gasteiger partial charge in [-0.25, -0.2) is 0 Å². The summed E-state index contributed by atoms with van der Waals surface area (Å²) >= 11 is 0. The first-order chi connectivity index (χ1) is 0. The second-order valence-electron chi connectivity index (χ2n) is 0. The molecule has 0 aliphatic carbocycles. The molecule has 0 saturated carbocycles. The van der Waals surface area contributed by atoms with Gasteiger partial charge < -0.3 is 43.8 Å². The molecular formula is H8O8TiZr. The van der Waals surface area contributed by atoms with Crippen LogP contribution in [0.4, 0.5) is 0 Å². The molecule has 10 heavy (non-hydrogen) atoms. The molecule has 0 aromatic heterocycles. The zero-order chi connectivity index (χ0) is 0. The Kier molecular flexibility index (Phi) is 39600. The Labute approximate surface area is 91.5 Å². The Morgan fingerprint density at radius 3 is 0.300 bits per heavy atom. The van der Waals surface area contributed by atoms with Gasteiger partial charge in [0.1, 0.15) is 0 Å². The van der Waals surface area contributed by atoms with Crippen molar-refractivity contribution in [1.29, 1.82) is 0 Å². The summed E-state index contributed by atoms with van der Waals surface area (Å²) in [6.45, 7) is 0. The molecule has 0 saturated heterocycles. The van der Waals surface area contributed by atoms with Gasteiger partial charge in [-0.2, -0.15) is 0 Å². The first kappa shape index (κ1) is 730. The summed E-state index contributed by atoms with van der Waals surface area (Å²) in [6, 6.07) is 0. The number of rotatable bonds is 0. The van der Waals surface area contributed by atoms with Crippen molar-refractivity contribution in [2.75, 3.05) is 0 Å². The van der Waals surface area contributed by atoms with Gasteiger partial charge in [0.05, 0.1) is 0 Å². The van der Waals surface area contributed by atoms with Crippen molar-refractivity contribution in [3.05, 3.63) is 0 Å². The van der Waals surface area contributed by atoms with E-state index in [4.69, 9.17) is 0 Å². The fourth-order valence-corrected chi connectivity index (χ4v) is 0. The Morgan fingerprint density at radius 1 is 0.300 bits per heavy atom. The van der Waals surface area contributed by atoms with Crippen LogP contribution in [-0.2, 0) is 47.9 Å². The maximum absolute atomic E-state index is 0. The Balaban J connectivity index is 0. The van der Waals surface area contributed by atoms with Gasteiger partial charge in [0.25, 0.3) is 0 Å². The molecule has 0 bridgehead atoms. The summed E-state index contributed by atoms with van der Waals surface area (Å²) < 4.78 is 0. The number of hydrogen-bond donors (Lipinski definition) is 0. The molecule has 0 heterocycles. The van der Waals surface area contributed by atoms with Crippen molar-refractivity contribution in [2.45, 2.75) is 0 Å². The Morgan fingerprint density at radius 2 is 0.300 bits per heavy atom. The van der Waals surface area contributed by atoms with Crippen molar-refractivity contribution < 1.29 is 91.7 Å². The Bertz CT molecular complexity index is 9.22. The van der Waals surface area contributed by atoms with Gasteiger partial charge in [-0.3, -0.25) is 0 Å². The van der Waals surface area contributed by atoms with Crippen molar-refractivity contribution in [3.63, 3.8) is 0 Å². The van der Waals surface area contributed by atoms with Crippen molar-refractivity contribution in [2.24, 2.45) is 0 Å². The average molecular weight is 275 g/mol. The predicted octanol–water partition coefficient (Wildman–Crippen LogP) is -1.42. The van der Waals surface area contributed by atoms with Crippen LogP contribution in [0.2, 0.25) is 0 Å². The second kappa shape index (κ2) is 542. The first-order valence-corrected chi connectivity index (χ1v) is 0. The molecule has 0 radical (unpaired) electrons. The van der Waals surface area contributed by atoms with E-state index in [2.05, 4.69) is 0 Å². The predicted molar refractivity (Wildman–Crippen MR) is 15.5 cm³/mol. The van der Waals surface area contributed by atoms with E-state index in [0.717, 1.165) is 0 Å². The van der Waals surface area contributed by atoms with Crippen LogP contribution in [0, 0.1) is 0 Å². The fraction of sp³-hybridized carbons (Fsp3) is 0. The molecule has 0 aliphatic rings. The molecule has 10 heteroatoms. The summed E-state index contributed by atoms with van der Waals surface area (Å²) in [5.74, 6) is 0. The van der Waals surface area contributed by atoms with Crippen molar-refractivity contribution in [1.82, 2.24) is 0 Å². The van der Waals surface area contributed by atoms with Crippen LogP contribution in [0.1, 0.15) is 0 Å². The van der Waals surface area contributed by atoms with E-state index in [1.165, 1.54) is 0 Å². The monoisotopic (exact) mass is 274 g/mol. The van der Waals surface area contributed by atoms with E-state index < -0.39 is 0 Å². The van der Waals surface area contributed by atoms with Crippen LogP contribution in [0.3, 0.4) is 0 Å². The third-order valence-electron chi connectivity index (χ3n) is 0. The van der Waals surface area contributed by atoms with Crippen molar-refractivity contribution in [3.8, 4) is 0 Å². The molecule has 0 spiro atoms. The van der Waals surface area contributed by atoms with Gasteiger partial charge in [-0.1, -0.05) is 0 Å². The van der Waals surface area contributed by atoms with Crippen LogP contribution < -0.4 is 0 Å². The minimum absolute atomic E-state index is 0. The first-order valence-electron chi connectivity index (χ1n) is 0. The third kappa shape index (κ3) is 390. The molecule has 0 amide bonds. The van der Waals surface area contributed by atoms with Crippen LogP contribution in [0.25, 0.3) is 0 Å². The molecule has 0 fully saturated rings.